The average molecular weight is 181 g/mol. The first-order valence-electron chi connectivity index (χ1n) is 4.43. The number of nitrogens with zero attached hydrogens (tertiary/aromatic N) is 2. The molecule has 0 aliphatic heterocycles. The summed E-state index contributed by atoms with van der Waals surface area (Å²) in [6, 6.07) is 0.216. The van der Waals surface area contributed by atoms with Crippen molar-refractivity contribution in [2.75, 3.05) is 5.32 Å². The second kappa shape index (κ2) is 3.16. The zero-order valence-corrected chi connectivity index (χ0v) is 7.41. The third-order valence-electron chi connectivity index (χ3n) is 1.95. The summed E-state index contributed by atoms with van der Waals surface area (Å²) in [5.74, 6) is 0.703. The highest BCUT2D eigenvalue weighted by Gasteiger charge is 2.30. The van der Waals surface area contributed by atoms with E-state index in [0.29, 0.717) is 12.3 Å². The van der Waals surface area contributed by atoms with Crippen LogP contribution in [0.3, 0.4) is 0 Å². The Balaban J connectivity index is 1.96. The smallest absolute Gasteiger partial charge is 0.322 e. The first-order chi connectivity index (χ1) is 6.29. The van der Waals surface area contributed by atoms with Crippen molar-refractivity contribution in [1.29, 1.82) is 0 Å². The van der Waals surface area contributed by atoms with Crippen molar-refractivity contribution in [2.45, 2.75) is 26.2 Å². The molecule has 0 atom stereocenters. The highest BCUT2D eigenvalue weighted by atomic mass is 16.4. The van der Waals surface area contributed by atoms with Gasteiger partial charge in [0.25, 0.3) is 0 Å². The van der Waals surface area contributed by atoms with Crippen LogP contribution >= 0.6 is 0 Å². The first-order valence-corrected chi connectivity index (χ1v) is 4.43. The van der Waals surface area contributed by atoms with E-state index in [0.717, 1.165) is 12.8 Å². The second-order valence-electron chi connectivity index (χ2n) is 3.12. The molecule has 1 aromatic heterocycles. The van der Waals surface area contributed by atoms with Crippen LogP contribution in [0, 0.1) is 5.92 Å². The maximum Gasteiger partial charge on any atom is 0.322 e. The van der Waals surface area contributed by atoms with E-state index in [2.05, 4.69) is 15.5 Å². The highest BCUT2D eigenvalue weighted by Crippen LogP contribution is 2.29. The molecule has 5 heteroatoms. The zero-order valence-electron chi connectivity index (χ0n) is 7.41. The standard InChI is InChI=1S/C8H11N3O2/c1-2-6-10-11-8(13-6)9-7(12)5-3-4-5/h5H,2-4H2,1H3,(H,9,11,12). The van der Waals surface area contributed by atoms with Crippen molar-refractivity contribution in [3.05, 3.63) is 5.89 Å². The SMILES string of the molecule is CCc1nnc(NC(=O)C2CC2)o1. The fourth-order valence-corrected chi connectivity index (χ4v) is 1.000. The van der Waals surface area contributed by atoms with Gasteiger partial charge < -0.3 is 4.42 Å². The molecule has 0 saturated heterocycles. The van der Waals surface area contributed by atoms with E-state index < -0.39 is 0 Å². The summed E-state index contributed by atoms with van der Waals surface area (Å²) >= 11 is 0. The van der Waals surface area contributed by atoms with E-state index in [-0.39, 0.29) is 17.8 Å². The molecule has 1 saturated carbocycles. The average Bonchev–Trinajstić information content (AvgIpc) is 2.88. The predicted octanol–water partition coefficient (Wildman–Crippen LogP) is 0.980. The Morgan fingerprint density at radius 2 is 2.38 bits per heavy atom. The van der Waals surface area contributed by atoms with Crippen LogP contribution in [0.25, 0.3) is 0 Å². The number of aryl methyl sites for hydroxylation is 1. The van der Waals surface area contributed by atoms with E-state index in [4.69, 9.17) is 4.42 Å². The Bertz CT molecular complexity index is 317. The van der Waals surface area contributed by atoms with Gasteiger partial charge in [0.1, 0.15) is 0 Å². The topological polar surface area (TPSA) is 68.0 Å². The van der Waals surface area contributed by atoms with Gasteiger partial charge in [0, 0.05) is 12.3 Å². The summed E-state index contributed by atoms with van der Waals surface area (Å²) in [5, 5.41) is 10.0. The minimum Gasteiger partial charge on any atom is -0.408 e. The van der Waals surface area contributed by atoms with Crippen LogP contribution in [0.15, 0.2) is 4.42 Å². The highest BCUT2D eigenvalue weighted by molar-refractivity contribution is 5.92. The molecule has 0 unspecified atom stereocenters. The van der Waals surface area contributed by atoms with Crippen LogP contribution in [-0.2, 0) is 11.2 Å². The lowest BCUT2D eigenvalue weighted by atomic mass is 10.4. The molecule has 0 spiro atoms. The van der Waals surface area contributed by atoms with E-state index in [1.807, 2.05) is 6.92 Å². The Labute approximate surface area is 75.5 Å². The van der Waals surface area contributed by atoms with Gasteiger partial charge >= 0.3 is 6.01 Å². The molecule has 0 bridgehead atoms. The first kappa shape index (κ1) is 8.22. The maximum absolute atomic E-state index is 11.2. The molecule has 70 valence electrons. The number of aromatic nitrogens is 2. The van der Waals surface area contributed by atoms with Crippen LogP contribution in [0.1, 0.15) is 25.7 Å². The monoisotopic (exact) mass is 181 g/mol. The van der Waals surface area contributed by atoms with Crippen molar-refractivity contribution in [2.24, 2.45) is 5.92 Å². The van der Waals surface area contributed by atoms with Crippen LogP contribution < -0.4 is 5.32 Å². The summed E-state index contributed by atoms with van der Waals surface area (Å²) in [5.41, 5.74) is 0. The number of hydrogen-bond acceptors (Lipinski definition) is 4. The van der Waals surface area contributed by atoms with Crippen molar-refractivity contribution < 1.29 is 9.21 Å². The third-order valence-corrected chi connectivity index (χ3v) is 1.95. The Kier molecular flexibility index (Phi) is 2.00. The molecule has 1 aliphatic rings. The molecule has 1 aromatic rings. The van der Waals surface area contributed by atoms with Crippen molar-refractivity contribution in [3.63, 3.8) is 0 Å². The molecule has 2 rings (SSSR count). The number of anilines is 1. The van der Waals surface area contributed by atoms with Gasteiger partial charge in [-0.15, -0.1) is 5.10 Å². The summed E-state index contributed by atoms with van der Waals surface area (Å²) in [7, 11) is 0. The van der Waals surface area contributed by atoms with Gasteiger partial charge in [0.2, 0.25) is 11.8 Å². The van der Waals surface area contributed by atoms with Crippen molar-refractivity contribution in [1.82, 2.24) is 10.2 Å². The molecular weight excluding hydrogens is 170 g/mol. The summed E-state index contributed by atoms with van der Waals surface area (Å²) < 4.78 is 5.13. The Morgan fingerprint density at radius 3 is 2.92 bits per heavy atom. The fourth-order valence-electron chi connectivity index (χ4n) is 1.000. The molecule has 13 heavy (non-hydrogen) atoms. The number of rotatable bonds is 3. The van der Waals surface area contributed by atoms with Gasteiger partial charge in [-0.1, -0.05) is 12.0 Å². The fraction of sp³-hybridized carbons (Fsp3) is 0.625. The van der Waals surface area contributed by atoms with Crippen LogP contribution in [-0.4, -0.2) is 16.1 Å². The largest absolute Gasteiger partial charge is 0.408 e. The number of hydrogen-bond donors (Lipinski definition) is 1. The van der Waals surface area contributed by atoms with Crippen molar-refractivity contribution >= 4 is 11.9 Å². The Hall–Kier alpha value is -1.39. The number of amides is 1. The van der Waals surface area contributed by atoms with E-state index >= 15 is 0 Å². The van der Waals surface area contributed by atoms with Gasteiger partial charge in [-0.2, -0.15) is 0 Å². The minimum absolute atomic E-state index is 0.00805. The Morgan fingerprint density at radius 1 is 1.62 bits per heavy atom. The van der Waals surface area contributed by atoms with Gasteiger partial charge in [-0.3, -0.25) is 10.1 Å². The lowest BCUT2D eigenvalue weighted by Crippen LogP contribution is -2.13. The second-order valence-corrected chi connectivity index (χ2v) is 3.12. The summed E-state index contributed by atoms with van der Waals surface area (Å²) in [4.78, 5) is 11.2. The quantitative estimate of drug-likeness (QED) is 0.754. The number of nitrogens with one attached hydrogen (secondary N) is 1. The van der Waals surface area contributed by atoms with E-state index in [1.165, 1.54) is 0 Å². The van der Waals surface area contributed by atoms with E-state index in [9.17, 15) is 4.79 Å². The van der Waals surface area contributed by atoms with Crippen molar-refractivity contribution in [3.8, 4) is 0 Å². The lowest BCUT2D eigenvalue weighted by molar-refractivity contribution is -0.117. The lowest BCUT2D eigenvalue weighted by Gasteiger charge is -1.95. The molecule has 1 N–H and O–H groups in total. The van der Waals surface area contributed by atoms with Gasteiger partial charge in [-0.05, 0) is 12.8 Å². The molecular formula is C8H11N3O2. The van der Waals surface area contributed by atoms with Crippen LogP contribution in [0.5, 0.6) is 0 Å². The number of carbonyl (C=O) groups is 1. The molecule has 1 heterocycles. The van der Waals surface area contributed by atoms with Gasteiger partial charge in [0.05, 0.1) is 0 Å². The molecule has 0 aromatic carbocycles. The molecule has 1 aliphatic carbocycles. The molecule has 1 fully saturated rings. The summed E-state index contributed by atoms with van der Waals surface area (Å²) in [6.07, 6.45) is 2.63. The van der Waals surface area contributed by atoms with Gasteiger partial charge in [-0.25, -0.2) is 0 Å². The maximum atomic E-state index is 11.2. The van der Waals surface area contributed by atoms with Crippen LogP contribution in [0.2, 0.25) is 0 Å². The molecule has 5 nitrogen and oxygen atoms in total. The minimum atomic E-state index is -0.00805. The van der Waals surface area contributed by atoms with Gasteiger partial charge in [0.15, 0.2) is 0 Å². The number of carbonyl (C=O) groups excluding carboxylic acids is 1. The molecule has 0 radical (unpaired) electrons. The zero-order chi connectivity index (χ0) is 9.26. The summed E-state index contributed by atoms with van der Waals surface area (Å²) in [6.45, 7) is 1.92. The predicted molar refractivity (Wildman–Crippen MR) is 45.0 cm³/mol. The normalized spacial score (nSPS) is 15.8. The van der Waals surface area contributed by atoms with E-state index in [1.54, 1.807) is 0 Å². The van der Waals surface area contributed by atoms with Crippen LogP contribution in [0.4, 0.5) is 6.01 Å². The third kappa shape index (κ3) is 1.85. The molecule has 1 amide bonds.